The molecule has 3 aromatic heterocycles. The Bertz CT molecular complexity index is 1650. The number of aryl methyl sites for hydroxylation is 1. The summed E-state index contributed by atoms with van der Waals surface area (Å²) >= 11 is 0. The lowest BCUT2D eigenvalue weighted by Crippen LogP contribution is -2.48. The van der Waals surface area contributed by atoms with E-state index in [0.29, 0.717) is 18.8 Å². The second kappa shape index (κ2) is 11.6. The van der Waals surface area contributed by atoms with Crippen LogP contribution in [0, 0.1) is 12.7 Å². The van der Waals surface area contributed by atoms with Crippen molar-refractivity contribution >= 4 is 28.4 Å². The lowest BCUT2D eigenvalue weighted by atomic mass is 10.1. The fourth-order valence-corrected chi connectivity index (χ4v) is 5.59. The monoisotopic (exact) mass is 584 g/mol. The van der Waals surface area contributed by atoms with Crippen molar-refractivity contribution in [2.75, 3.05) is 26.3 Å². The van der Waals surface area contributed by atoms with E-state index in [1.807, 2.05) is 50.2 Å². The van der Waals surface area contributed by atoms with Crippen LogP contribution < -0.4 is 10.6 Å². The van der Waals surface area contributed by atoms with E-state index in [-0.39, 0.29) is 48.8 Å². The Morgan fingerprint density at radius 3 is 2.65 bits per heavy atom. The number of hydrogen-bond acceptors (Lipinski definition) is 7. The largest absolute Gasteiger partial charge is 0.375 e. The van der Waals surface area contributed by atoms with Crippen molar-refractivity contribution < 1.29 is 23.5 Å². The van der Waals surface area contributed by atoms with Gasteiger partial charge in [0.2, 0.25) is 11.8 Å². The highest BCUT2D eigenvalue weighted by Gasteiger charge is 2.52. The van der Waals surface area contributed by atoms with Crippen molar-refractivity contribution in [2.45, 2.75) is 38.1 Å². The maximum Gasteiger partial charge on any atom is 0.243 e. The number of nitrogens with one attached hydrogen (secondary N) is 3. The summed E-state index contributed by atoms with van der Waals surface area (Å²) < 4.78 is 26.7. The predicted octanol–water partition coefficient (Wildman–Crippen LogP) is 3.85. The molecule has 0 radical (unpaired) electrons. The number of amides is 2. The highest BCUT2D eigenvalue weighted by atomic mass is 19.1. The number of benzene rings is 1. The van der Waals surface area contributed by atoms with Crippen LogP contribution >= 0.6 is 0 Å². The first kappa shape index (κ1) is 28.5. The van der Waals surface area contributed by atoms with Gasteiger partial charge >= 0.3 is 0 Å². The summed E-state index contributed by atoms with van der Waals surface area (Å²) in [6.45, 7) is 8.39. The summed E-state index contributed by atoms with van der Waals surface area (Å²) in [5.41, 5.74) is 4.49. The number of halogens is 1. The summed E-state index contributed by atoms with van der Waals surface area (Å²) in [6.07, 6.45) is 5.22. The molecular formula is C32H33FN6O4. The van der Waals surface area contributed by atoms with E-state index in [4.69, 9.17) is 9.47 Å². The zero-order chi connectivity index (χ0) is 30.1. The fraction of sp³-hybridized carbons (Fsp3) is 0.312. The number of pyridine rings is 2. The van der Waals surface area contributed by atoms with Crippen LogP contribution in [-0.4, -0.2) is 69.8 Å². The summed E-state index contributed by atoms with van der Waals surface area (Å²) in [5, 5.41) is 6.84. The van der Waals surface area contributed by atoms with Gasteiger partial charge < -0.3 is 30.0 Å². The maximum absolute atomic E-state index is 15.0. The molecule has 2 fully saturated rings. The standard InChI is InChI=1S/C32H33FN6O4/c1-19-4-6-22(7-5-19)23-12-25(33)30(36-16-23)21(3)35-17-29(40)39-18-32(42-10-11-43-32)14-28(39)31(41)37-20(2)27-13-24-15-34-9-8-26(24)38-27/h4-9,12-13,15-16,20,28,35,38H,3,10-11,14,17-18H2,1-2H3,(H,37,41)/t20-,28?/m1/s1. The fourth-order valence-electron chi connectivity index (χ4n) is 5.59. The molecule has 0 bridgehead atoms. The number of ether oxygens (including phenoxy) is 2. The molecule has 3 N–H and O–H groups in total. The van der Waals surface area contributed by atoms with Gasteiger partial charge in [-0.15, -0.1) is 0 Å². The van der Waals surface area contributed by atoms with Crippen molar-refractivity contribution in [1.82, 2.24) is 30.5 Å². The van der Waals surface area contributed by atoms with Crippen molar-refractivity contribution in [3.05, 3.63) is 90.4 Å². The highest BCUT2D eigenvalue weighted by Crippen LogP contribution is 2.35. The molecule has 2 atom stereocenters. The molecule has 2 aliphatic rings. The molecule has 1 unspecified atom stereocenters. The molecule has 43 heavy (non-hydrogen) atoms. The molecule has 2 amide bonds. The van der Waals surface area contributed by atoms with Crippen LogP contribution in [0.2, 0.25) is 0 Å². The van der Waals surface area contributed by atoms with Crippen LogP contribution in [0.3, 0.4) is 0 Å². The third-order valence-corrected chi connectivity index (χ3v) is 7.96. The van der Waals surface area contributed by atoms with Crippen molar-refractivity contribution in [3.63, 3.8) is 0 Å². The average Bonchev–Trinajstić information content (AvgIpc) is 3.75. The van der Waals surface area contributed by atoms with Gasteiger partial charge in [-0.05, 0) is 37.6 Å². The SMILES string of the molecule is C=C(NCC(=O)N1CC2(CC1C(=O)N[C@H](C)c1cc3cnccc3[nH]1)OCCO2)c1ncc(-c2ccc(C)cc2)cc1F. The number of likely N-dealkylation sites (tertiary alicyclic amines) is 1. The number of aromatic amines is 1. The van der Waals surface area contributed by atoms with Crippen molar-refractivity contribution in [2.24, 2.45) is 0 Å². The quantitative estimate of drug-likeness (QED) is 0.288. The molecule has 5 heterocycles. The van der Waals surface area contributed by atoms with E-state index >= 15 is 4.39 Å². The highest BCUT2D eigenvalue weighted by molar-refractivity contribution is 5.90. The molecular weight excluding hydrogens is 551 g/mol. The number of hydrogen-bond donors (Lipinski definition) is 3. The summed E-state index contributed by atoms with van der Waals surface area (Å²) in [4.78, 5) is 40.1. The van der Waals surface area contributed by atoms with E-state index in [0.717, 1.165) is 27.7 Å². The minimum Gasteiger partial charge on any atom is -0.375 e. The Morgan fingerprint density at radius 2 is 1.93 bits per heavy atom. The van der Waals surface area contributed by atoms with Gasteiger partial charge in [0.25, 0.3) is 0 Å². The Labute approximate surface area is 248 Å². The number of carbonyl (C=O) groups excluding carboxylic acids is 2. The smallest absolute Gasteiger partial charge is 0.243 e. The van der Waals surface area contributed by atoms with Crippen LogP contribution in [0.25, 0.3) is 27.7 Å². The van der Waals surface area contributed by atoms with E-state index in [1.165, 1.54) is 11.0 Å². The number of fused-ring (bicyclic) bond motifs is 1. The molecule has 1 spiro atoms. The first-order chi connectivity index (χ1) is 20.7. The van der Waals surface area contributed by atoms with Gasteiger partial charge in [0.1, 0.15) is 11.7 Å². The van der Waals surface area contributed by atoms with Crippen molar-refractivity contribution in [3.8, 4) is 11.1 Å². The third kappa shape index (κ3) is 5.86. The normalized spacial score (nSPS) is 18.2. The Balaban J connectivity index is 1.12. The Morgan fingerprint density at radius 1 is 1.16 bits per heavy atom. The molecule has 2 aliphatic heterocycles. The minimum atomic E-state index is -1.04. The zero-order valence-electron chi connectivity index (χ0n) is 24.0. The van der Waals surface area contributed by atoms with E-state index in [1.54, 1.807) is 18.6 Å². The van der Waals surface area contributed by atoms with Gasteiger partial charge in [-0.2, -0.15) is 0 Å². The molecule has 2 saturated heterocycles. The van der Waals surface area contributed by atoms with Gasteiger partial charge in [-0.1, -0.05) is 36.4 Å². The summed E-state index contributed by atoms with van der Waals surface area (Å²) in [6, 6.07) is 11.7. The third-order valence-electron chi connectivity index (χ3n) is 7.96. The Hall–Kier alpha value is -4.61. The molecule has 4 aromatic rings. The molecule has 0 aliphatic carbocycles. The lowest BCUT2D eigenvalue weighted by molar-refractivity contribution is -0.152. The van der Waals surface area contributed by atoms with E-state index in [2.05, 4.69) is 32.2 Å². The van der Waals surface area contributed by atoms with Crippen LogP contribution in [-0.2, 0) is 19.1 Å². The molecule has 222 valence electrons. The van der Waals surface area contributed by atoms with Crippen LogP contribution in [0.1, 0.15) is 36.3 Å². The van der Waals surface area contributed by atoms with Gasteiger partial charge in [-0.3, -0.25) is 19.6 Å². The topological polar surface area (TPSA) is 121 Å². The van der Waals surface area contributed by atoms with Crippen LogP contribution in [0.4, 0.5) is 4.39 Å². The second-order valence-corrected chi connectivity index (χ2v) is 11.0. The van der Waals surface area contributed by atoms with Crippen LogP contribution in [0.15, 0.2) is 67.6 Å². The molecule has 1 aromatic carbocycles. The van der Waals surface area contributed by atoms with E-state index < -0.39 is 17.6 Å². The number of aromatic nitrogens is 3. The maximum atomic E-state index is 15.0. The van der Waals surface area contributed by atoms with Gasteiger partial charge in [0.05, 0.1) is 38.0 Å². The first-order valence-electron chi connectivity index (χ1n) is 14.2. The molecule has 10 nitrogen and oxygen atoms in total. The number of carbonyl (C=O) groups is 2. The number of H-pyrrole nitrogens is 1. The van der Waals surface area contributed by atoms with Gasteiger partial charge in [0, 0.05) is 47.2 Å². The predicted molar refractivity (Wildman–Crippen MR) is 159 cm³/mol. The molecule has 11 heteroatoms. The summed E-state index contributed by atoms with van der Waals surface area (Å²) in [7, 11) is 0. The first-order valence-corrected chi connectivity index (χ1v) is 14.2. The second-order valence-electron chi connectivity index (χ2n) is 11.0. The molecule has 0 saturated carbocycles. The van der Waals surface area contributed by atoms with Crippen LogP contribution in [0.5, 0.6) is 0 Å². The van der Waals surface area contributed by atoms with Crippen molar-refractivity contribution in [1.29, 1.82) is 0 Å². The number of rotatable bonds is 8. The number of nitrogens with zero attached hydrogens (tertiary/aromatic N) is 3. The average molecular weight is 585 g/mol. The summed E-state index contributed by atoms with van der Waals surface area (Å²) in [5.74, 6) is -2.30. The van der Waals surface area contributed by atoms with E-state index in [9.17, 15) is 9.59 Å². The Kier molecular flexibility index (Phi) is 7.68. The lowest BCUT2D eigenvalue weighted by Gasteiger charge is -2.25. The zero-order valence-corrected chi connectivity index (χ0v) is 24.0. The van der Waals surface area contributed by atoms with Gasteiger partial charge in [0.15, 0.2) is 11.6 Å². The van der Waals surface area contributed by atoms with Gasteiger partial charge in [-0.25, -0.2) is 4.39 Å². The minimum absolute atomic E-state index is 0.0145. The molecule has 6 rings (SSSR count).